The van der Waals surface area contributed by atoms with Gasteiger partial charge in [-0.05, 0) is 37.1 Å². The third kappa shape index (κ3) is 4.31. The molecule has 0 spiro atoms. The van der Waals surface area contributed by atoms with Crippen LogP contribution in [0, 0.1) is 13.8 Å². The summed E-state index contributed by atoms with van der Waals surface area (Å²) in [5.74, 6) is 0.769. The maximum absolute atomic E-state index is 12.4. The van der Waals surface area contributed by atoms with Crippen molar-refractivity contribution in [2.75, 3.05) is 5.32 Å². The number of aryl methyl sites for hydroxylation is 2. The van der Waals surface area contributed by atoms with E-state index in [-0.39, 0.29) is 23.9 Å². The molecule has 0 aliphatic rings. The zero-order chi connectivity index (χ0) is 19.6. The van der Waals surface area contributed by atoms with Crippen LogP contribution >= 0.6 is 0 Å². The number of anilines is 1. The van der Waals surface area contributed by atoms with Crippen LogP contribution in [-0.4, -0.2) is 20.6 Å². The van der Waals surface area contributed by atoms with Crippen molar-refractivity contribution >= 4 is 11.6 Å². The van der Waals surface area contributed by atoms with Gasteiger partial charge in [0, 0.05) is 23.9 Å². The van der Waals surface area contributed by atoms with E-state index in [0.717, 1.165) is 16.8 Å². The van der Waals surface area contributed by atoms with Gasteiger partial charge in [0.25, 0.3) is 11.4 Å². The smallest absolute Gasteiger partial charge is 0.259 e. The van der Waals surface area contributed by atoms with Crippen molar-refractivity contribution in [2.45, 2.75) is 40.2 Å². The second kappa shape index (κ2) is 7.57. The van der Waals surface area contributed by atoms with Crippen molar-refractivity contribution < 1.29 is 9.32 Å². The molecule has 1 amide bonds. The molecule has 7 heteroatoms. The number of benzene rings is 1. The maximum Gasteiger partial charge on any atom is 0.259 e. The van der Waals surface area contributed by atoms with Gasteiger partial charge in [-0.2, -0.15) is 4.98 Å². The Morgan fingerprint density at radius 2 is 2.00 bits per heavy atom. The molecule has 1 N–H and O–H groups in total. The summed E-state index contributed by atoms with van der Waals surface area (Å²) in [6, 6.07) is 8.82. The molecular weight excluding hydrogens is 344 g/mol. The van der Waals surface area contributed by atoms with Crippen LogP contribution in [0.3, 0.4) is 0 Å². The van der Waals surface area contributed by atoms with Crippen LogP contribution in [0.5, 0.6) is 0 Å². The van der Waals surface area contributed by atoms with Gasteiger partial charge >= 0.3 is 0 Å². The van der Waals surface area contributed by atoms with E-state index in [9.17, 15) is 9.59 Å². The molecule has 140 valence electrons. The molecule has 0 saturated carbocycles. The van der Waals surface area contributed by atoms with E-state index in [1.165, 1.54) is 10.6 Å². The third-order valence-corrected chi connectivity index (χ3v) is 4.17. The number of aromatic nitrogens is 3. The molecule has 0 saturated heterocycles. The first-order valence-electron chi connectivity index (χ1n) is 8.75. The lowest BCUT2D eigenvalue weighted by atomic mass is 10.1. The van der Waals surface area contributed by atoms with Crippen LogP contribution < -0.4 is 10.9 Å². The first-order valence-corrected chi connectivity index (χ1v) is 8.75. The van der Waals surface area contributed by atoms with Crippen molar-refractivity contribution in [3.05, 3.63) is 63.8 Å². The van der Waals surface area contributed by atoms with Crippen molar-refractivity contribution in [1.82, 2.24) is 14.7 Å². The van der Waals surface area contributed by atoms with Crippen molar-refractivity contribution in [3.8, 4) is 11.5 Å². The van der Waals surface area contributed by atoms with Crippen molar-refractivity contribution in [2.24, 2.45) is 0 Å². The molecule has 0 radical (unpaired) electrons. The summed E-state index contributed by atoms with van der Waals surface area (Å²) < 4.78 is 6.59. The van der Waals surface area contributed by atoms with Gasteiger partial charge in [0.15, 0.2) is 5.82 Å². The molecular formula is C20H22N4O3. The predicted molar refractivity (Wildman–Crippen MR) is 103 cm³/mol. The fourth-order valence-electron chi connectivity index (χ4n) is 2.58. The Hall–Kier alpha value is -3.22. The van der Waals surface area contributed by atoms with E-state index >= 15 is 0 Å². The summed E-state index contributed by atoms with van der Waals surface area (Å²) in [6.07, 6.45) is 1.56. The van der Waals surface area contributed by atoms with Gasteiger partial charge in [-0.1, -0.05) is 31.1 Å². The van der Waals surface area contributed by atoms with E-state index in [4.69, 9.17) is 4.52 Å². The molecule has 2 heterocycles. The molecule has 3 rings (SSSR count). The number of carbonyl (C=O) groups is 1. The van der Waals surface area contributed by atoms with Gasteiger partial charge < -0.3 is 14.4 Å². The minimum atomic E-state index is -0.281. The van der Waals surface area contributed by atoms with Gasteiger partial charge in [0.1, 0.15) is 6.54 Å². The average molecular weight is 366 g/mol. The first-order chi connectivity index (χ1) is 12.8. The Morgan fingerprint density at radius 1 is 1.22 bits per heavy atom. The van der Waals surface area contributed by atoms with E-state index in [0.29, 0.717) is 17.3 Å². The van der Waals surface area contributed by atoms with Gasteiger partial charge in [-0.3, -0.25) is 9.59 Å². The zero-order valence-electron chi connectivity index (χ0n) is 15.8. The monoisotopic (exact) mass is 366 g/mol. The molecule has 0 aliphatic heterocycles. The zero-order valence-corrected chi connectivity index (χ0v) is 15.8. The first kappa shape index (κ1) is 18.6. The molecule has 0 fully saturated rings. The fourth-order valence-corrected chi connectivity index (χ4v) is 2.58. The second-order valence-corrected chi connectivity index (χ2v) is 6.86. The molecule has 3 aromatic rings. The van der Waals surface area contributed by atoms with E-state index in [1.54, 1.807) is 12.3 Å². The lowest BCUT2D eigenvalue weighted by molar-refractivity contribution is -0.116. The van der Waals surface area contributed by atoms with Crippen molar-refractivity contribution in [3.63, 3.8) is 0 Å². The van der Waals surface area contributed by atoms with Crippen LogP contribution in [0.4, 0.5) is 5.69 Å². The van der Waals surface area contributed by atoms with Crippen molar-refractivity contribution in [1.29, 1.82) is 0 Å². The number of rotatable bonds is 5. The number of carbonyl (C=O) groups excluding carboxylic acids is 1. The van der Waals surface area contributed by atoms with Crippen LogP contribution in [-0.2, 0) is 11.3 Å². The minimum Gasteiger partial charge on any atom is -0.334 e. The number of amides is 1. The number of nitrogens with zero attached hydrogens (tertiary/aromatic N) is 3. The number of pyridine rings is 1. The number of hydrogen-bond acceptors (Lipinski definition) is 5. The molecule has 0 atom stereocenters. The van der Waals surface area contributed by atoms with Gasteiger partial charge in [-0.15, -0.1) is 0 Å². The highest BCUT2D eigenvalue weighted by Gasteiger charge is 2.14. The average Bonchev–Trinajstić information content (AvgIpc) is 3.10. The lowest BCUT2D eigenvalue weighted by Crippen LogP contribution is -2.27. The van der Waals surface area contributed by atoms with E-state index in [2.05, 4.69) is 15.5 Å². The summed E-state index contributed by atoms with van der Waals surface area (Å²) in [6.45, 7) is 7.70. The molecule has 27 heavy (non-hydrogen) atoms. The Morgan fingerprint density at radius 3 is 2.70 bits per heavy atom. The lowest BCUT2D eigenvalue weighted by Gasteiger charge is -2.11. The molecule has 2 aromatic heterocycles. The SMILES string of the molecule is Cc1ccc(C)c(NC(=O)Cn2cc(-c3nc(C(C)C)no3)ccc2=O)c1. The highest BCUT2D eigenvalue weighted by molar-refractivity contribution is 5.91. The minimum absolute atomic E-state index is 0.106. The highest BCUT2D eigenvalue weighted by atomic mass is 16.5. The predicted octanol–water partition coefficient (Wildman–Crippen LogP) is 3.28. The molecule has 7 nitrogen and oxygen atoms in total. The van der Waals surface area contributed by atoms with Crippen LogP contribution in [0.15, 0.2) is 45.8 Å². The molecule has 0 aliphatic carbocycles. The van der Waals surface area contributed by atoms with Gasteiger partial charge in [0.05, 0.1) is 5.56 Å². The van der Waals surface area contributed by atoms with Gasteiger partial charge in [0.2, 0.25) is 5.91 Å². The summed E-state index contributed by atoms with van der Waals surface area (Å²) in [7, 11) is 0. The fraction of sp³-hybridized carbons (Fsp3) is 0.300. The molecule has 0 unspecified atom stereocenters. The maximum atomic E-state index is 12.4. The third-order valence-electron chi connectivity index (χ3n) is 4.17. The number of hydrogen-bond donors (Lipinski definition) is 1. The molecule has 1 aromatic carbocycles. The summed E-state index contributed by atoms with van der Waals surface area (Å²) in [4.78, 5) is 28.9. The Bertz CT molecular complexity index is 1030. The van der Waals surface area contributed by atoms with E-state index in [1.807, 2.05) is 45.9 Å². The number of nitrogens with one attached hydrogen (secondary N) is 1. The summed E-state index contributed by atoms with van der Waals surface area (Å²) >= 11 is 0. The quantitative estimate of drug-likeness (QED) is 0.748. The Labute approximate surface area is 157 Å². The van der Waals surface area contributed by atoms with Crippen LogP contribution in [0.1, 0.15) is 36.7 Å². The topological polar surface area (TPSA) is 90.0 Å². The van der Waals surface area contributed by atoms with Crippen LogP contribution in [0.25, 0.3) is 11.5 Å². The van der Waals surface area contributed by atoms with Crippen LogP contribution in [0.2, 0.25) is 0 Å². The summed E-state index contributed by atoms with van der Waals surface area (Å²) in [5.41, 5.74) is 3.06. The summed E-state index contributed by atoms with van der Waals surface area (Å²) in [5, 5.41) is 6.78. The highest BCUT2D eigenvalue weighted by Crippen LogP contribution is 2.19. The molecule has 0 bridgehead atoms. The second-order valence-electron chi connectivity index (χ2n) is 6.86. The van der Waals surface area contributed by atoms with E-state index < -0.39 is 0 Å². The normalized spacial score (nSPS) is 11.0. The van der Waals surface area contributed by atoms with Gasteiger partial charge in [-0.25, -0.2) is 0 Å². The standard InChI is InChI=1S/C20H22N4O3/c1-12(2)19-22-20(27-23-19)15-7-8-18(26)24(10-15)11-17(25)21-16-9-13(3)5-6-14(16)4/h5-10,12H,11H2,1-4H3,(H,21,25). The largest absolute Gasteiger partial charge is 0.334 e. The Kier molecular flexibility index (Phi) is 5.21. The Balaban J connectivity index is 1.81.